The average molecular weight is 250 g/mol. The van der Waals surface area contributed by atoms with E-state index in [1.807, 2.05) is 12.4 Å². The molecule has 5 nitrogen and oxygen atoms in total. The molecule has 2 heterocycles. The molecule has 0 aliphatic carbocycles. The molecule has 0 spiro atoms. The van der Waals surface area contributed by atoms with Gasteiger partial charge in [0.25, 0.3) is 0 Å². The molecule has 2 N–H and O–H groups in total. The zero-order valence-corrected chi connectivity index (χ0v) is 11.1. The Labute approximate surface area is 108 Å². The van der Waals surface area contributed by atoms with Crippen LogP contribution in [-0.4, -0.2) is 35.1 Å². The highest BCUT2D eigenvalue weighted by atomic mass is 16.2. The van der Waals surface area contributed by atoms with E-state index in [9.17, 15) is 4.79 Å². The summed E-state index contributed by atoms with van der Waals surface area (Å²) in [5, 5.41) is 5.98. The highest BCUT2D eigenvalue weighted by Gasteiger charge is 2.26. The van der Waals surface area contributed by atoms with E-state index in [1.165, 1.54) is 0 Å². The summed E-state index contributed by atoms with van der Waals surface area (Å²) in [6.45, 7) is 4.00. The van der Waals surface area contributed by atoms with Crippen LogP contribution in [0.4, 0.5) is 0 Å². The summed E-state index contributed by atoms with van der Waals surface area (Å²) < 4.78 is 2.18. The molecule has 1 aromatic heterocycles. The van der Waals surface area contributed by atoms with Crippen molar-refractivity contribution in [2.75, 3.05) is 13.6 Å². The van der Waals surface area contributed by atoms with E-state index in [2.05, 4.69) is 27.1 Å². The van der Waals surface area contributed by atoms with Gasteiger partial charge in [-0.05, 0) is 32.2 Å². The topological polar surface area (TPSA) is 59.0 Å². The van der Waals surface area contributed by atoms with Gasteiger partial charge in [-0.2, -0.15) is 0 Å². The maximum atomic E-state index is 11.6. The quantitative estimate of drug-likeness (QED) is 0.821. The summed E-state index contributed by atoms with van der Waals surface area (Å²) in [6, 6.07) is -0.0428. The summed E-state index contributed by atoms with van der Waals surface area (Å²) in [5.41, 5.74) is 0. The summed E-state index contributed by atoms with van der Waals surface area (Å²) in [6.07, 6.45) is 6.86. The first kappa shape index (κ1) is 13.1. The van der Waals surface area contributed by atoms with Gasteiger partial charge in [0.2, 0.25) is 5.91 Å². The number of hydrogen-bond donors (Lipinski definition) is 2. The van der Waals surface area contributed by atoms with Gasteiger partial charge in [-0.15, -0.1) is 0 Å². The minimum Gasteiger partial charge on any atom is -0.358 e. The van der Waals surface area contributed by atoms with Crippen molar-refractivity contribution in [2.45, 2.75) is 38.8 Å². The Kier molecular flexibility index (Phi) is 4.36. The Hall–Kier alpha value is -1.36. The van der Waals surface area contributed by atoms with Gasteiger partial charge in [-0.3, -0.25) is 4.79 Å². The molecule has 0 aromatic carbocycles. The third-order valence-corrected chi connectivity index (χ3v) is 3.69. The second-order valence-electron chi connectivity index (χ2n) is 4.84. The number of hydrogen-bond acceptors (Lipinski definition) is 3. The highest BCUT2D eigenvalue weighted by Crippen LogP contribution is 2.20. The van der Waals surface area contributed by atoms with Crippen LogP contribution >= 0.6 is 0 Å². The van der Waals surface area contributed by atoms with Crippen LogP contribution in [0, 0.1) is 5.92 Å². The molecule has 1 aromatic rings. The summed E-state index contributed by atoms with van der Waals surface area (Å²) >= 11 is 0. The number of carbonyl (C=O) groups is 1. The first-order valence-electron chi connectivity index (χ1n) is 6.69. The number of aryl methyl sites for hydroxylation is 1. The van der Waals surface area contributed by atoms with E-state index >= 15 is 0 Å². The molecule has 1 aliphatic rings. The van der Waals surface area contributed by atoms with E-state index in [4.69, 9.17) is 0 Å². The molecule has 1 amide bonds. The number of likely N-dealkylation sites (N-methyl/N-ethyl adjacent to an activating group) is 1. The van der Waals surface area contributed by atoms with Crippen molar-refractivity contribution in [3.8, 4) is 0 Å². The van der Waals surface area contributed by atoms with Crippen molar-refractivity contribution < 1.29 is 4.79 Å². The second kappa shape index (κ2) is 6.00. The van der Waals surface area contributed by atoms with Crippen LogP contribution < -0.4 is 10.6 Å². The lowest BCUT2D eigenvalue weighted by Crippen LogP contribution is -2.48. The molecular formula is C13H22N4O. The number of rotatable bonds is 4. The number of aromatic nitrogens is 2. The van der Waals surface area contributed by atoms with E-state index in [-0.39, 0.29) is 11.9 Å². The smallest absolute Gasteiger partial charge is 0.236 e. The zero-order valence-electron chi connectivity index (χ0n) is 11.1. The van der Waals surface area contributed by atoms with Gasteiger partial charge in [-0.1, -0.05) is 0 Å². The van der Waals surface area contributed by atoms with E-state index in [0.717, 1.165) is 38.2 Å². The van der Waals surface area contributed by atoms with Gasteiger partial charge in [0.15, 0.2) is 0 Å². The van der Waals surface area contributed by atoms with Crippen LogP contribution in [0.25, 0.3) is 0 Å². The molecule has 100 valence electrons. The molecule has 0 radical (unpaired) electrons. The number of piperidine rings is 1. The van der Waals surface area contributed by atoms with Crippen LogP contribution in [0.15, 0.2) is 12.4 Å². The third-order valence-electron chi connectivity index (χ3n) is 3.69. The number of nitrogens with zero attached hydrogens (tertiary/aromatic N) is 2. The summed E-state index contributed by atoms with van der Waals surface area (Å²) in [7, 11) is 1.69. The normalized spacial score (nSPS) is 23.9. The molecule has 1 aliphatic heterocycles. The van der Waals surface area contributed by atoms with Gasteiger partial charge < -0.3 is 15.2 Å². The van der Waals surface area contributed by atoms with Crippen LogP contribution in [0.3, 0.4) is 0 Å². The van der Waals surface area contributed by atoms with Gasteiger partial charge in [0.05, 0.1) is 6.04 Å². The molecule has 2 unspecified atom stereocenters. The second-order valence-corrected chi connectivity index (χ2v) is 4.84. The minimum atomic E-state index is -0.0428. The maximum Gasteiger partial charge on any atom is 0.236 e. The number of nitrogens with one attached hydrogen (secondary N) is 2. The highest BCUT2D eigenvalue weighted by molar-refractivity contribution is 5.81. The van der Waals surface area contributed by atoms with Crippen molar-refractivity contribution in [1.29, 1.82) is 0 Å². The molecule has 0 bridgehead atoms. The monoisotopic (exact) mass is 250 g/mol. The average Bonchev–Trinajstić information content (AvgIpc) is 2.85. The Bertz CT molecular complexity index is 401. The molecular weight excluding hydrogens is 228 g/mol. The fourth-order valence-electron chi connectivity index (χ4n) is 2.63. The van der Waals surface area contributed by atoms with E-state index < -0.39 is 0 Å². The molecule has 0 saturated carbocycles. The van der Waals surface area contributed by atoms with Gasteiger partial charge in [0, 0.05) is 32.4 Å². The van der Waals surface area contributed by atoms with Gasteiger partial charge in [-0.25, -0.2) is 4.98 Å². The zero-order chi connectivity index (χ0) is 13.0. The van der Waals surface area contributed by atoms with Crippen LogP contribution in [0.2, 0.25) is 0 Å². The summed E-state index contributed by atoms with van der Waals surface area (Å²) in [5.74, 6) is 1.78. The van der Waals surface area contributed by atoms with Crippen molar-refractivity contribution in [3.63, 3.8) is 0 Å². The fourth-order valence-corrected chi connectivity index (χ4v) is 2.63. The van der Waals surface area contributed by atoms with Gasteiger partial charge >= 0.3 is 0 Å². The molecule has 18 heavy (non-hydrogen) atoms. The fraction of sp³-hybridized carbons (Fsp3) is 0.692. The van der Waals surface area contributed by atoms with Crippen LogP contribution in [0.5, 0.6) is 0 Å². The van der Waals surface area contributed by atoms with E-state index in [1.54, 1.807) is 7.05 Å². The maximum absolute atomic E-state index is 11.6. The molecule has 1 saturated heterocycles. The molecule has 2 atom stereocenters. The molecule has 1 fully saturated rings. The Morgan fingerprint density at radius 3 is 3.22 bits per heavy atom. The Morgan fingerprint density at radius 2 is 2.50 bits per heavy atom. The lowest BCUT2D eigenvalue weighted by molar-refractivity contribution is -0.123. The SMILES string of the molecule is CCn1ccnc1CC1CCNC(C(=O)NC)C1. The lowest BCUT2D eigenvalue weighted by Gasteiger charge is -2.29. The molecule has 2 rings (SSSR count). The Morgan fingerprint density at radius 1 is 1.67 bits per heavy atom. The van der Waals surface area contributed by atoms with E-state index in [0.29, 0.717) is 5.92 Å². The standard InChI is InChI=1S/C13H22N4O/c1-3-17-7-6-16-12(17)9-10-4-5-15-11(8-10)13(18)14-2/h6-7,10-11,15H,3-5,8-9H2,1-2H3,(H,14,18). The summed E-state index contributed by atoms with van der Waals surface area (Å²) in [4.78, 5) is 16.1. The number of carbonyl (C=O) groups excluding carboxylic acids is 1. The van der Waals surface area contributed by atoms with Crippen molar-refractivity contribution in [1.82, 2.24) is 20.2 Å². The van der Waals surface area contributed by atoms with Gasteiger partial charge in [0.1, 0.15) is 5.82 Å². The predicted octanol–water partition coefficient (Wildman–Crippen LogP) is 0.560. The van der Waals surface area contributed by atoms with Crippen molar-refractivity contribution in [3.05, 3.63) is 18.2 Å². The Balaban J connectivity index is 1.95. The van der Waals surface area contributed by atoms with Crippen molar-refractivity contribution >= 4 is 5.91 Å². The first-order valence-corrected chi connectivity index (χ1v) is 6.69. The third kappa shape index (κ3) is 2.90. The predicted molar refractivity (Wildman–Crippen MR) is 70.2 cm³/mol. The lowest BCUT2D eigenvalue weighted by atomic mass is 9.89. The minimum absolute atomic E-state index is 0.0428. The molecule has 5 heteroatoms. The largest absolute Gasteiger partial charge is 0.358 e. The number of amides is 1. The van der Waals surface area contributed by atoms with Crippen LogP contribution in [-0.2, 0) is 17.8 Å². The first-order chi connectivity index (χ1) is 8.74. The number of imidazole rings is 1. The van der Waals surface area contributed by atoms with Crippen LogP contribution in [0.1, 0.15) is 25.6 Å². The van der Waals surface area contributed by atoms with Crippen molar-refractivity contribution in [2.24, 2.45) is 5.92 Å².